The first-order valence-electron chi connectivity index (χ1n) is 10.3. The van der Waals surface area contributed by atoms with Gasteiger partial charge in [-0.3, -0.25) is 4.79 Å². The van der Waals surface area contributed by atoms with Crippen molar-refractivity contribution in [2.45, 2.75) is 38.0 Å². The van der Waals surface area contributed by atoms with Gasteiger partial charge in [-0.15, -0.1) is 0 Å². The lowest BCUT2D eigenvalue weighted by molar-refractivity contribution is -0.159. The normalized spacial score (nSPS) is 21.5. The second kappa shape index (κ2) is 6.93. The van der Waals surface area contributed by atoms with E-state index in [-0.39, 0.29) is 17.7 Å². The number of hydrogen-bond acceptors (Lipinski definition) is 6. The van der Waals surface area contributed by atoms with Gasteiger partial charge in [-0.1, -0.05) is 24.3 Å². The number of benzene rings is 2. The minimum absolute atomic E-state index is 0.0117. The van der Waals surface area contributed by atoms with Gasteiger partial charge < -0.3 is 19.5 Å². The molecule has 1 amide bonds. The molecule has 7 nitrogen and oxygen atoms in total. The van der Waals surface area contributed by atoms with E-state index in [0.717, 1.165) is 22.6 Å². The average molecular weight is 407 g/mol. The molecule has 0 aliphatic carbocycles. The predicted octanol–water partition coefficient (Wildman–Crippen LogP) is 3.28. The van der Waals surface area contributed by atoms with Crippen molar-refractivity contribution >= 4 is 11.6 Å². The van der Waals surface area contributed by atoms with Crippen LogP contribution in [0.2, 0.25) is 0 Å². The van der Waals surface area contributed by atoms with Crippen LogP contribution < -0.4 is 9.47 Å². The lowest BCUT2D eigenvalue weighted by atomic mass is 9.90. The first-order chi connectivity index (χ1) is 14.5. The first kappa shape index (κ1) is 18.8. The molecule has 1 spiro atoms. The maximum absolute atomic E-state index is 11.9. The van der Waals surface area contributed by atoms with Gasteiger partial charge in [-0.25, -0.2) is 5.01 Å². The molecule has 5 rings (SSSR count). The highest BCUT2D eigenvalue weighted by atomic mass is 16.5. The van der Waals surface area contributed by atoms with Gasteiger partial charge >= 0.3 is 0 Å². The Kier molecular flexibility index (Phi) is 4.34. The number of ether oxygens (including phenoxy) is 2. The molecule has 0 saturated carbocycles. The average Bonchev–Trinajstić information content (AvgIpc) is 3.21. The van der Waals surface area contributed by atoms with Gasteiger partial charge in [0.15, 0.2) is 11.5 Å². The van der Waals surface area contributed by atoms with Gasteiger partial charge in [0, 0.05) is 50.4 Å². The fraction of sp³-hybridized carbons (Fsp3) is 0.391. The maximum atomic E-state index is 11.9. The van der Waals surface area contributed by atoms with E-state index in [1.54, 1.807) is 20.1 Å². The summed E-state index contributed by atoms with van der Waals surface area (Å²) >= 11 is 0. The highest BCUT2D eigenvalue weighted by Gasteiger charge is 2.52. The molecule has 2 aromatic carbocycles. The Morgan fingerprint density at radius 1 is 1.20 bits per heavy atom. The third kappa shape index (κ3) is 2.80. The molecule has 1 unspecified atom stereocenters. The predicted molar refractivity (Wildman–Crippen MR) is 112 cm³/mol. The van der Waals surface area contributed by atoms with Gasteiger partial charge in [-0.05, 0) is 18.2 Å². The van der Waals surface area contributed by atoms with E-state index in [4.69, 9.17) is 14.6 Å². The Labute approximate surface area is 175 Å². The van der Waals surface area contributed by atoms with Crippen LogP contribution in [0, 0.1) is 0 Å². The third-order valence-electron chi connectivity index (χ3n) is 6.41. The van der Waals surface area contributed by atoms with Gasteiger partial charge in [-0.2, -0.15) is 5.10 Å². The largest absolute Gasteiger partial charge is 0.507 e. The number of hydrazone groups is 1. The molecule has 0 radical (unpaired) electrons. The summed E-state index contributed by atoms with van der Waals surface area (Å²) in [7, 11) is 1.65. The number of piperidine rings is 1. The summed E-state index contributed by atoms with van der Waals surface area (Å²) in [5, 5.41) is 17.4. The molecule has 1 atom stereocenters. The molecule has 3 heterocycles. The molecule has 156 valence electrons. The van der Waals surface area contributed by atoms with Crippen LogP contribution in [0.4, 0.5) is 0 Å². The van der Waals surface area contributed by atoms with Crippen LogP contribution in [-0.4, -0.2) is 52.6 Å². The van der Waals surface area contributed by atoms with Crippen molar-refractivity contribution in [2.75, 3.05) is 20.2 Å². The quantitative estimate of drug-likeness (QED) is 0.827. The van der Waals surface area contributed by atoms with E-state index in [0.29, 0.717) is 38.1 Å². The van der Waals surface area contributed by atoms with Gasteiger partial charge in [0.1, 0.15) is 5.75 Å². The number of para-hydroxylation sites is 2. The molecule has 0 bridgehead atoms. The van der Waals surface area contributed by atoms with Crippen molar-refractivity contribution < 1.29 is 19.4 Å². The van der Waals surface area contributed by atoms with E-state index < -0.39 is 5.72 Å². The number of phenols is 1. The van der Waals surface area contributed by atoms with Crippen LogP contribution in [0.1, 0.15) is 43.4 Å². The summed E-state index contributed by atoms with van der Waals surface area (Å²) in [5.74, 6) is 1.76. The zero-order valence-corrected chi connectivity index (χ0v) is 17.2. The second-order valence-electron chi connectivity index (χ2n) is 8.06. The summed E-state index contributed by atoms with van der Waals surface area (Å²) in [6.45, 7) is 2.83. The number of methoxy groups -OCH3 is 1. The van der Waals surface area contributed by atoms with E-state index in [1.165, 1.54) is 0 Å². The van der Waals surface area contributed by atoms with Gasteiger partial charge in [0.05, 0.1) is 18.9 Å². The molecule has 1 N–H and O–H groups in total. The fourth-order valence-electron chi connectivity index (χ4n) is 4.81. The minimum atomic E-state index is -0.648. The summed E-state index contributed by atoms with van der Waals surface area (Å²) < 4.78 is 12.2. The molecule has 3 aliphatic heterocycles. The molecular weight excluding hydrogens is 382 g/mol. The summed E-state index contributed by atoms with van der Waals surface area (Å²) in [6, 6.07) is 13.2. The fourth-order valence-corrected chi connectivity index (χ4v) is 4.81. The van der Waals surface area contributed by atoms with E-state index in [1.807, 2.05) is 35.2 Å². The molecule has 1 saturated heterocycles. The molecule has 1 fully saturated rings. The van der Waals surface area contributed by atoms with Crippen molar-refractivity contribution in [1.29, 1.82) is 0 Å². The van der Waals surface area contributed by atoms with Crippen LogP contribution in [0.3, 0.4) is 0 Å². The Morgan fingerprint density at radius 2 is 1.97 bits per heavy atom. The number of rotatable bonds is 2. The Morgan fingerprint density at radius 3 is 2.67 bits per heavy atom. The number of aromatic hydroxyl groups is 1. The van der Waals surface area contributed by atoms with Crippen molar-refractivity contribution in [3.63, 3.8) is 0 Å². The lowest BCUT2D eigenvalue weighted by Crippen LogP contribution is -2.59. The van der Waals surface area contributed by atoms with Gasteiger partial charge in [0.25, 0.3) is 0 Å². The third-order valence-corrected chi connectivity index (χ3v) is 6.41. The van der Waals surface area contributed by atoms with Crippen molar-refractivity contribution in [3.05, 3.63) is 53.6 Å². The summed E-state index contributed by atoms with van der Waals surface area (Å²) in [5.41, 5.74) is 1.96. The van der Waals surface area contributed by atoms with Crippen LogP contribution in [0.25, 0.3) is 0 Å². The number of amides is 1. The minimum Gasteiger partial charge on any atom is -0.507 e. The lowest BCUT2D eigenvalue weighted by Gasteiger charge is -2.51. The van der Waals surface area contributed by atoms with E-state index in [2.05, 4.69) is 11.1 Å². The van der Waals surface area contributed by atoms with E-state index in [9.17, 15) is 9.90 Å². The SMILES string of the molecule is COc1cccc2c1OC1(CCN(C(C)=O)CC1)N1N=C(c3ccccc3O)CC21. The van der Waals surface area contributed by atoms with Crippen LogP contribution in [0.5, 0.6) is 17.2 Å². The number of carbonyl (C=O) groups is 1. The Balaban J connectivity index is 1.59. The second-order valence-corrected chi connectivity index (χ2v) is 8.06. The summed E-state index contributed by atoms with van der Waals surface area (Å²) in [4.78, 5) is 13.7. The van der Waals surface area contributed by atoms with Crippen LogP contribution in [0.15, 0.2) is 47.6 Å². The summed E-state index contributed by atoms with van der Waals surface area (Å²) in [6.07, 6.45) is 1.97. The molecule has 2 aromatic rings. The first-order valence-corrected chi connectivity index (χ1v) is 10.3. The van der Waals surface area contributed by atoms with Crippen molar-refractivity contribution in [3.8, 4) is 17.2 Å². The zero-order valence-electron chi connectivity index (χ0n) is 17.2. The maximum Gasteiger partial charge on any atom is 0.219 e. The topological polar surface area (TPSA) is 74.6 Å². The number of fused-ring (bicyclic) bond motifs is 4. The number of phenolic OH excluding ortho intramolecular Hbond substituents is 1. The zero-order chi connectivity index (χ0) is 20.9. The van der Waals surface area contributed by atoms with Crippen molar-refractivity contribution in [2.24, 2.45) is 5.10 Å². The van der Waals surface area contributed by atoms with Crippen LogP contribution >= 0.6 is 0 Å². The van der Waals surface area contributed by atoms with E-state index >= 15 is 0 Å². The smallest absolute Gasteiger partial charge is 0.219 e. The Bertz CT molecular complexity index is 1030. The molecule has 30 heavy (non-hydrogen) atoms. The molecule has 7 heteroatoms. The van der Waals surface area contributed by atoms with Crippen LogP contribution in [-0.2, 0) is 4.79 Å². The molecular formula is C23H25N3O4. The number of carbonyl (C=O) groups excluding carboxylic acids is 1. The highest BCUT2D eigenvalue weighted by molar-refractivity contribution is 6.04. The standard InChI is InChI=1S/C23H25N3O4/c1-15(27)25-12-10-23(11-13-25)26-19(17-7-5-9-21(29-2)22(17)30-23)14-18(24-26)16-6-3-4-8-20(16)28/h3-9,19,28H,10-14H2,1-2H3. The monoisotopic (exact) mass is 407 g/mol. The molecule has 3 aliphatic rings. The highest BCUT2D eigenvalue weighted by Crippen LogP contribution is 2.52. The number of nitrogens with zero attached hydrogens (tertiary/aromatic N) is 3. The Hall–Kier alpha value is -3.22. The van der Waals surface area contributed by atoms with Crippen molar-refractivity contribution in [1.82, 2.24) is 9.91 Å². The number of likely N-dealkylation sites (tertiary alicyclic amines) is 1. The number of hydrogen-bond donors (Lipinski definition) is 1. The van der Waals surface area contributed by atoms with Gasteiger partial charge in [0.2, 0.25) is 11.6 Å². The molecule has 0 aromatic heterocycles.